The highest BCUT2D eigenvalue weighted by molar-refractivity contribution is 4.93. The predicted molar refractivity (Wildman–Crippen MR) is 104 cm³/mol. The largest absolute Gasteiger partial charge is 0.394 e. The van der Waals surface area contributed by atoms with Crippen LogP contribution in [0.4, 0.5) is 13.2 Å². The molecule has 0 nitrogen and oxygen atoms in total. The summed E-state index contributed by atoms with van der Waals surface area (Å²) in [5.41, 5.74) is -1.37. The summed E-state index contributed by atoms with van der Waals surface area (Å²) in [5.74, 6) is 2.16. The number of rotatable bonds is 9. The molecule has 2 aliphatic rings. The van der Waals surface area contributed by atoms with Crippen LogP contribution in [0.5, 0.6) is 0 Å². The summed E-state index contributed by atoms with van der Waals surface area (Å²) in [6, 6.07) is 0. The fourth-order valence-corrected chi connectivity index (χ4v) is 5.68. The van der Waals surface area contributed by atoms with Gasteiger partial charge in [0, 0.05) is 0 Å². The van der Waals surface area contributed by atoms with Crippen molar-refractivity contribution in [1.82, 2.24) is 0 Å². The SMILES string of the molecule is CCCCCC1CCC([C@H]2CC[C@@](CCCCC)(C(F)(F)F)CC2)CC1. The van der Waals surface area contributed by atoms with Crippen molar-refractivity contribution in [2.45, 2.75) is 123 Å². The van der Waals surface area contributed by atoms with Gasteiger partial charge in [-0.15, -0.1) is 0 Å². The van der Waals surface area contributed by atoms with Gasteiger partial charge in [0.15, 0.2) is 0 Å². The van der Waals surface area contributed by atoms with Gasteiger partial charge in [0.2, 0.25) is 0 Å². The lowest BCUT2D eigenvalue weighted by Gasteiger charge is -2.44. The van der Waals surface area contributed by atoms with E-state index in [1.807, 2.05) is 0 Å². The fraction of sp³-hybridized carbons (Fsp3) is 1.00. The Morgan fingerprint density at radius 3 is 1.81 bits per heavy atom. The van der Waals surface area contributed by atoms with E-state index in [2.05, 4.69) is 13.8 Å². The first-order chi connectivity index (χ1) is 12.4. The van der Waals surface area contributed by atoms with Crippen molar-refractivity contribution in [3.05, 3.63) is 0 Å². The van der Waals surface area contributed by atoms with Gasteiger partial charge in [-0.05, 0) is 62.7 Å². The summed E-state index contributed by atoms with van der Waals surface area (Å²) in [5, 5.41) is 0. The van der Waals surface area contributed by atoms with Crippen LogP contribution < -0.4 is 0 Å². The van der Waals surface area contributed by atoms with E-state index in [0.717, 1.165) is 38.0 Å². The highest BCUT2D eigenvalue weighted by Gasteiger charge is 2.55. The Balaban J connectivity index is 1.79. The Morgan fingerprint density at radius 1 is 0.731 bits per heavy atom. The zero-order valence-corrected chi connectivity index (χ0v) is 17.2. The molecule has 0 amide bonds. The molecule has 0 bridgehead atoms. The molecule has 2 aliphatic carbocycles. The highest BCUT2D eigenvalue weighted by atomic mass is 19.4. The van der Waals surface area contributed by atoms with E-state index in [0.29, 0.717) is 31.1 Å². The smallest absolute Gasteiger partial charge is 0.171 e. The Kier molecular flexibility index (Phi) is 8.80. The van der Waals surface area contributed by atoms with E-state index in [1.54, 1.807) is 0 Å². The van der Waals surface area contributed by atoms with Crippen LogP contribution in [0.1, 0.15) is 117 Å². The van der Waals surface area contributed by atoms with Crippen LogP contribution in [0, 0.1) is 23.2 Å². The Hall–Kier alpha value is -0.210. The van der Waals surface area contributed by atoms with E-state index < -0.39 is 11.6 Å². The van der Waals surface area contributed by atoms with Gasteiger partial charge in [0.1, 0.15) is 0 Å². The summed E-state index contributed by atoms with van der Waals surface area (Å²) in [7, 11) is 0. The number of hydrogen-bond donors (Lipinski definition) is 0. The molecule has 0 heterocycles. The zero-order valence-electron chi connectivity index (χ0n) is 17.2. The molecule has 0 unspecified atom stereocenters. The van der Waals surface area contributed by atoms with Crippen molar-refractivity contribution in [2.75, 3.05) is 0 Å². The summed E-state index contributed by atoms with van der Waals surface area (Å²) in [4.78, 5) is 0. The molecule has 26 heavy (non-hydrogen) atoms. The van der Waals surface area contributed by atoms with Crippen LogP contribution in [0.25, 0.3) is 0 Å². The zero-order chi connectivity index (χ0) is 19.0. The van der Waals surface area contributed by atoms with Crippen LogP contribution in [0.2, 0.25) is 0 Å². The summed E-state index contributed by atoms with van der Waals surface area (Å²) >= 11 is 0. The second-order valence-corrected chi connectivity index (χ2v) is 9.35. The van der Waals surface area contributed by atoms with Crippen LogP contribution in [-0.4, -0.2) is 6.18 Å². The van der Waals surface area contributed by atoms with Gasteiger partial charge in [-0.25, -0.2) is 0 Å². The molecule has 0 atom stereocenters. The molecule has 0 N–H and O–H groups in total. The molecule has 2 rings (SSSR count). The lowest BCUT2D eigenvalue weighted by atomic mass is 9.62. The standard InChI is InChI=1S/C23H41F3/c1-3-5-7-9-19-10-12-20(13-11-19)21-14-17-22(18-15-21,23(24,25)26)16-8-6-4-2/h19-21H,3-18H2,1-2H3/t19?,20?,21-,22+. The van der Waals surface area contributed by atoms with Crippen molar-refractivity contribution in [2.24, 2.45) is 23.2 Å². The molecule has 2 fully saturated rings. The van der Waals surface area contributed by atoms with Crippen molar-refractivity contribution >= 4 is 0 Å². The Bertz CT molecular complexity index is 371. The molecule has 0 aromatic rings. The normalized spacial score (nSPS) is 33.3. The van der Waals surface area contributed by atoms with E-state index in [4.69, 9.17) is 0 Å². The minimum absolute atomic E-state index is 0.362. The third kappa shape index (κ3) is 5.89. The summed E-state index contributed by atoms with van der Waals surface area (Å²) < 4.78 is 41.4. The average Bonchev–Trinajstić information content (AvgIpc) is 2.62. The van der Waals surface area contributed by atoms with Crippen LogP contribution >= 0.6 is 0 Å². The molecule has 154 valence electrons. The van der Waals surface area contributed by atoms with Gasteiger partial charge < -0.3 is 0 Å². The molecule has 0 saturated heterocycles. The van der Waals surface area contributed by atoms with Gasteiger partial charge >= 0.3 is 6.18 Å². The maximum absolute atomic E-state index is 13.8. The maximum Gasteiger partial charge on any atom is 0.394 e. The topological polar surface area (TPSA) is 0 Å². The molecule has 2 saturated carbocycles. The number of halogens is 3. The lowest BCUT2D eigenvalue weighted by Crippen LogP contribution is -2.42. The quantitative estimate of drug-likeness (QED) is 0.354. The van der Waals surface area contributed by atoms with Crippen molar-refractivity contribution in [1.29, 1.82) is 0 Å². The first kappa shape index (κ1) is 22.1. The average molecular weight is 375 g/mol. The molecule has 0 aliphatic heterocycles. The lowest BCUT2D eigenvalue weighted by molar-refractivity contribution is -0.241. The first-order valence-electron chi connectivity index (χ1n) is 11.5. The Morgan fingerprint density at radius 2 is 1.27 bits per heavy atom. The Labute approximate surface area is 159 Å². The minimum Gasteiger partial charge on any atom is -0.171 e. The molecule has 0 spiro atoms. The number of hydrogen-bond acceptors (Lipinski definition) is 0. The predicted octanol–water partition coefficient (Wildman–Crippen LogP) is 8.69. The van der Waals surface area contributed by atoms with Crippen LogP contribution in [0.15, 0.2) is 0 Å². The van der Waals surface area contributed by atoms with E-state index >= 15 is 0 Å². The molecule has 0 aromatic heterocycles. The second kappa shape index (κ2) is 10.4. The van der Waals surface area contributed by atoms with Gasteiger partial charge in [-0.1, -0.05) is 71.6 Å². The highest BCUT2D eigenvalue weighted by Crippen LogP contribution is 2.55. The second-order valence-electron chi connectivity index (χ2n) is 9.35. The summed E-state index contributed by atoms with van der Waals surface area (Å²) in [6.07, 6.45) is 12.0. The number of alkyl halides is 3. The molecular weight excluding hydrogens is 333 g/mol. The third-order valence-electron chi connectivity index (χ3n) is 7.62. The maximum atomic E-state index is 13.8. The molecular formula is C23H41F3. The van der Waals surface area contributed by atoms with Crippen LogP contribution in [0.3, 0.4) is 0 Å². The minimum atomic E-state index is -4.01. The number of unbranched alkanes of at least 4 members (excludes halogenated alkanes) is 4. The summed E-state index contributed by atoms with van der Waals surface area (Å²) in [6.45, 7) is 4.32. The van der Waals surface area contributed by atoms with E-state index in [-0.39, 0.29) is 0 Å². The van der Waals surface area contributed by atoms with Gasteiger partial charge in [-0.3, -0.25) is 0 Å². The molecule has 0 radical (unpaired) electrons. The third-order valence-corrected chi connectivity index (χ3v) is 7.62. The van der Waals surface area contributed by atoms with Crippen molar-refractivity contribution < 1.29 is 13.2 Å². The van der Waals surface area contributed by atoms with E-state index in [1.165, 1.54) is 51.4 Å². The molecule has 0 aromatic carbocycles. The van der Waals surface area contributed by atoms with Gasteiger partial charge in [0.25, 0.3) is 0 Å². The monoisotopic (exact) mass is 374 g/mol. The van der Waals surface area contributed by atoms with E-state index in [9.17, 15) is 13.2 Å². The first-order valence-corrected chi connectivity index (χ1v) is 11.5. The fourth-order valence-electron chi connectivity index (χ4n) is 5.68. The molecule has 3 heteroatoms. The van der Waals surface area contributed by atoms with Crippen molar-refractivity contribution in [3.8, 4) is 0 Å². The van der Waals surface area contributed by atoms with Crippen molar-refractivity contribution in [3.63, 3.8) is 0 Å². The van der Waals surface area contributed by atoms with Gasteiger partial charge in [0.05, 0.1) is 5.41 Å². The van der Waals surface area contributed by atoms with Crippen LogP contribution in [-0.2, 0) is 0 Å². The van der Waals surface area contributed by atoms with Gasteiger partial charge in [-0.2, -0.15) is 13.2 Å².